The van der Waals surface area contributed by atoms with Crippen LogP contribution in [-0.4, -0.2) is 52.1 Å². The highest BCUT2D eigenvalue weighted by Gasteiger charge is 2.24. The molecule has 0 unspecified atom stereocenters. The number of amides is 1. The van der Waals surface area contributed by atoms with E-state index in [1.54, 1.807) is 6.33 Å². The number of carbonyl (C=O) groups is 1. The first kappa shape index (κ1) is 17.7. The lowest BCUT2D eigenvalue weighted by molar-refractivity contribution is -0.130. The molecule has 27 heavy (non-hydrogen) atoms. The van der Waals surface area contributed by atoms with Crippen molar-refractivity contribution in [3.05, 3.63) is 46.6 Å². The molecule has 1 aliphatic heterocycles. The van der Waals surface area contributed by atoms with E-state index in [4.69, 9.17) is 16.1 Å². The summed E-state index contributed by atoms with van der Waals surface area (Å²) in [5.41, 5.74) is 2.50. The molecule has 3 aromatic rings. The van der Waals surface area contributed by atoms with Gasteiger partial charge in [-0.3, -0.25) is 4.79 Å². The highest BCUT2D eigenvalue weighted by molar-refractivity contribution is 6.31. The lowest BCUT2D eigenvalue weighted by Gasteiger charge is -2.35. The molecule has 1 aliphatic rings. The van der Waals surface area contributed by atoms with Crippen LogP contribution in [-0.2, 0) is 11.2 Å². The van der Waals surface area contributed by atoms with Crippen LogP contribution in [0, 0.1) is 13.8 Å². The molecule has 0 spiro atoms. The third-order valence-electron chi connectivity index (χ3n) is 5.02. The summed E-state index contributed by atoms with van der Waals surface area (Å²) in [5.74, 6) is 1.70. The highest BCUT2D eigenvalue weighted by Crippen LogP contribution is 2.26. The molecule has 4 rings (SSSR count). The number of halogens is 1. The fourth-order valence-corrected chi connectivity index (χ4v) is 3.62. The Balaban J connectivity index is 1.46. The molecule has 8 heteroatoms. The van der Waals surface area contributed by atoms with Crippen LogP contribution in [0.4, 0.5) is 5.82 Å². The van der Waals surface area contributed by atoms with Gasteiger partial charge in [0.05, 0.1) is 17.6 Å². The minimum atomic E-state index is 0.100. The van der Waals surface area contributed by atoms with Gasteiger partial charge in [0.25, 0.3) is 0 Å². The van der Waals surface area contributed by atoms with E-state index in [1.165, 1.54) is 0 Å². The summed E-state index contributed by atoms with van der Waals surface area (Å²) >= 11 is 6.06. The number of hydrogen-bond acceptors (Lipinski definition) is 6. The van der Waals surface area contributed by atoms with Gasteiger partial charge in [0, 0.05) is 42.2 Å². The summed E-state index contributed by atoms with van der Waals surface area (Å²) in [6.45, 7) is 6.46. The number of nitrogens with zero attached hydrogens (tertiary/aromatic N) is 5. The molecule has 7 nitrogen and oxygen atoms in total. The van der Waals surface area contributed by atoms with E-state index in [-0.39, 0.29) is 5.91 Å². The van der Waals surface area contributed by atoms with Crippen molar-refractivity contribution >= 4 is 34.2 Å². The Morgan fingerprint density at radius 3 is 2.67 bits per heavy atom. The van der Waals surface area contributed by atoms with E-state index in [0.29, 0.717) is 30.3 Å². The Morgan fingerprint density at radius 2 is 1.96 bits per heavy atom. The second kappa shape index (κ2) is 7.15. The number of carbonyl (C=O) groups excluding carboxylic acids is 1. The maximum absolute atomic E-state index is 12.7. The smallest absolute Gasteiger partial charge is 0.227 e. The number of benzene rings is 1. The van der Waals surface area contributed by atoms with Crippen LogP contribution in [0.25, 0.3) is 10.9 Å². The van der Waals surface area contributed by atoms with Gasteiger partial charge in [-0.2, -0.15) is 0 Å². The molecular weight excluding hydrogens is 366 g/mol. The van der Waals surface area contributed by atoms with Crippen molar-refractivity contribution in [2.75, 3.05) is 31.1 Å². The van der Waals surface area contributed by atoms with E-state index in [0.717, 1.165) is 41.1 Å². The van der Waals surface area contributed by atoms with Gasteiger partial charge < -0.3 is 14.3 Å². The Morgan fingerprint density at radius 1 is 1.19 bits per heavy atom. The summed E-state index contributed by atoms with van der Waals surface area (Å²) < 4.78 is 5.16. The number of fused-ring (bicyclic) bond motifs is 1. The maximum atomic E-state index is 12.7. The predicted molar refractivity (Wildman–Crippen MR) is 103 cm³/mol. The topological polar surface area (TPSA) is 75.4 Å². The molecule has 1 amide bonds. The van der Waals surface area contributed by atoms with Crippen LogP contribution in [0.5, 0.6) is 0 Å². The molecule has 0 radical (unpaired) electrons. The first-order chi connectivity index (χ1) is 13.0. The van der Waals surface area contributed by atoms with Crippen LogP contribution < -0.4 is 4.90 Å². The number of aryl methyl sites for hydroxylation is 2. The Labute approximate surface area is 161 Å². The average Bonchev–Trinajstić information content (AvgIpc) is 2.99. The van der Waals surface area contributed by atoms with Crippen LogP contribution in [0.15, 0.2) is 29.0 Å². The van der Waals surface area contributed by atoms with Gasteiger partial charge in [-0.25, -0.2) is 9.97 Å². The zero-order valence-corrected chi connectivity index (χ0v) is 16.0. The minimum absolute atomic E-state index is 0.100. The van der Waals surface area contributed by atoms with Crippen molar-refractivity contribution in [1.82, 2.24) is 20.0 Å². The van der Waals surface area contributed by atoms with Crippen molar-refractivity contribution < 1.29 is 9.32 Å². The fraction of sp³-hybridized carbons (Fsp3) is 0.368. The SMILES string of the molecule is Cc1noc(C)c1CC(=O)N1CCN(c2ncnc3cc(Cl)ccc23)CC1. The predicted octanol–water partition coefficient (Wildman–Crippen LogP) is 2.78. The van der Waals surface area contributed by atoms with Crippen molar-refractivity contribution in [2.45, 2.75) is 20.3 Å². The zero-order chi connectivity index (χ0) is 19.0. The molecule has 140 valence electrons. The van der Waals surface area contributed by atoms with E-state index in [2.05, 4.69) is 20.0 Å². The molecule has 0 saturated carbocycles. The molecule has 3 heterocycles. The normalized spacial score (nSPS) is 14.8. The molecule has 1 fully saturated rings. The molecule has 2 aromatic heterocycles. The summed E-state index contributed by atoms with van der Waals surface area (Å²) in [6.07, 6.45) is 1.89. The number of hydrogen-bond donors (Lipinski definition) is 0. The van der Waals surface area contributed by atoms with Crippen molar-refractivity contribution in [3.8, 4) is 0 Å². The molecule has 1 aromatic carbocycles. The van der Waals surface area contributed by atoms with Gasteiger partial charge in [0.2, 0.25) is 5.91 Å². The van der Waals surface area contributed by atoms with Gasteiger partial charge in [0.1, 0.15) is 17.9 Å². The summed E-state index contributed by atoms with van der Waals surface area (Å²) in [6, 6.07) is 5.63. The number of rotatable bonds is 3. The Kier molecular flexibility index (Phi) is 4.70. The third-order valence-corrected chi connectivity index (χ3v) is 5.25. The maximum Gasteiger partial charge on any atom is 0.227 e. The largest absolute Gasteiger partial charge is 0.361 e. The van der Waals surface area contributed by atoms with Crippen molar-refractivity contribution in [1.29, 1.82) is 0 Å². The molecular formula is C19H20ClN5O2. The Bertz CT molecular complexity index is 975. The highest BCUT2D eigenvalue weighted by atomic mass is 35.5. The average molecular weight is 386 g/mol. The molecule has 0 bridgehead atoms. The summed E-state index contributed by atoms with van der Waals surface area (Å²) in [5, 5.41) is 5.55. The standard InChI is InChI=1S/C19H20ClN5O2/c1-12-16(13(2)27-23-12)10-18(26)24-5-7-25(8-6-24)19-15-4-3-14(20)9-17(15)21-11-22-19/h3-4,9,11H,5-8,10H2,1-2H3. The van der Waals surface area contributed by atoms with E-state index in [1.807, 2.05) is 36.9 Å². The van der Waals surface area contributed by atoms with Crippen LogP contribution in [0.2, 0.25) is 5.02 Å². The molecule has 0 N–H and O–H groups in total. The number of anilines is 1. The van der Waals surface area contributed by atoms with Crippen LogP contribution >= 0.6 is 11.6 Å². The first-order valence-electron chi connectivity index (χ1n) is 8.87. The van der Waals surface area contributed by atoms with Gasteiger partial charge in [-0.15, -0.1) is 0 Å². The minimum Gasteiger partial charge on any atom is -0.361 e. The van der Waals surface area contributed by atoms with Gasteiger partial charge in [-0.1, -0.05) is 16.8 Å². The quantitative estimate of drug-likeness (QED) is 0.690. The van der Waals surface area contributed by atoms with Crippen molar-refractivity contribution in [2.24, 2.45) is 0 Å². The van der Waals surface area contributed by atoms with E-state index in [9.17, 15) is 4.79 Å². The number of piperazine rings is 1. The van der Waals surface area contributed by atoms with Gasteiger partial charge in [-0.05, 0) is 32.0 Å². The van der Waals surface area contributed by atoms with Crippen molar-refractivity contribution in [3.63, 3.8) is 0 Å². The second-order valence-corrected chi connectivity index (χ2v) is 7.14. The molecule has 0 aliphatic carbocycles. The lowest BCUT2D eigenvalue weighted by atomic mass is 10.1. The third kappa shape index (κ3) is 3.47. The zero-order valence-electron chi connectivity index (χ0n) is 15.3. The van der Waals surface area contributed by atoms with Gasteiger partial charge >= 0.3 is 0 Å². The molecule has 0 atom stereocenters. The Hall–Kier alpha value is -2.67. The first-order valence-corrected chi connectivity index (χ1v) is 9.25. The fourth-order valence-electron chi connectivity index (χ4n) is 3.45. The summed E-state index contributed by atoms with van der Waals surface area (Å²) in [7, 11) is 0. The van der Waals surface area contributed by atoms with E-state index < -0.39 is 0 Å². The van der Waals surface area contributed by atoms with Crippen LogP contribution in [0.1, 0.15) is 17.0 Å². The lowest BCUT2D eigenvalue weighted by Crippen LogP contribution is -2.49. The molecule has 1 saturated heterocycles. The number of aromatic nitrogens is 3. The van der Waals surface area contributed by atoms with E-state index >= 15 is 0 Å². The summed E-state index contributed by atoms with van der Waals surface area (Å²) in [4.78, 5) is 25.5. The monoisotopic (exact) mass is 385 g/mol. The van der Waals surface area contributed by atoms with Gasteiger partial charge in [0.15, 0.2) is 0 Å². The second-order valence-electron chi connectivity index (χ2n) is 6.71. The van der Waals surface area contributed by atoms with Crippen LogP contribution in [0.3, 0.4) is 0 Å².